The minimum Gasteiger partial charge on any atom is -0.374 e. The van der Waals surface area contributed by atoms with Gasteiger partial charge in [0.15, 0.2) is 5.16 Å². The summed E-state index contributed by atoms with van der Waals surface area (Å²) in [6.45, 7) is 0. The molecule has 4 nitrogen and oxygen atoms in total. The number of thioether (sulfide) groups is 1. The number of ether oxygens (including phenoxy) is 1. The second-order valence-corrected chi connectivity index (χ2v) is 5.61. The molecular formula is C16H13N3OS. The van der Waals surface area contributed by atoms with Crippen LogP contribution in [0, 0.1) is 0 Å². The van der Waals surface area contributed by atoms with E-state index in [0.717, 1.165) is 32.7 Å². The van der Waals surface area contributed by atoms with E-state index in [9.17, 15) is 0 Å². The van der Waals surface area contributed by atoms with Gasteiger partial charge < -0.3 is 4.74 Å². The summed E-state index contributed by atoms with van der Waals surface area (Å²) in [5.74, 6) is 0.562. The Morgan fingerprint density at radius 2 is 1.76 bits per heavy atom. The van der Waals surface area contributed by atoms with Crippen LogP contribution in [0.3, 0.4) is 0 Å². The Balaban J connectivity index is 2.16. The fraction of sp³-hybridized carbons (Fsp3) is 0.125. The highest BCUT2D eigenvalue weighted by Crippen LogP contribution is 2.28. The van der Waals surface area contributed by atoms with E-state index in [0.29, 0.717) is 5.94 Å². The maximum atomic E-state index is 5.18. The third-order valence-corrected chi connectivity index (χ3v) is 4.30. The van der Waals surface area contributed by atoms with Crippen molar-refractivity contribution in [2.75, 3.05) is 13.0 Å². The van der Waals surface area contributed by atoms with Crippen molar-refractivity contribution in [3.05, 3.63) is 48.5 Å². The molecule has 0 aliphatic rings. The first kappa shape index (κ1) is 12.6. The van der Waals surface area contributed by atoms with Crippen LogP contribution < -0.4 is 0 Å². The van der Waals surface area contributed by atoms with Crippen LogP contribution in [0.5, 0.6) is 0 Å². The van der Waals surface area contributed by atoms with Gasteiger partial charge in [0.2, 0.25) is 0 Å². The van der Waals surface area contributed by atoms with E-state index < -0.39 is 0 Å². The molecule has 0 aliphatic heterocycles. The standard InChI is InChI=1S/C16H13N3OS/c1-20-10-21-16-18-12-7-3-2-6-11(12)15-17-13-8-4-5-9-14(13)19(15)16/h2-9H,10H2,1H3. The Morgan fingerprint density at radius 3 is 2.62 bits per heavy atom. The van der Waals surface area contributed by atoms with Crippen molar-refractivity contribution in [3.8, 4) is 0 Å². The number of aromatic nitrogens is 3. The lowest BCUT2D eigenvalue weighted by Crippen LogP contribution is -1.97. The summed E-state index contributed by atoms with van der Waals surface area (Å²) in [4.78, 5) is 9.55. The molecule has 0 spiro atoms. The predicted molar refractivity (Wildman–Crippen MR) is 85.7 cm³/mol. The highest BCUT2D eigenvalue weighted by atomic mass is 32.2. The number of para-hydroxylation sites is 3. The fourth-order valence-corrected chi connectivity index (χ4v) is 3.22. The van der Waals surface area contributed by atoms with Crippen LogP contribution in [0.4, 0.5) is 0 Å². The van der Waals surface area contributed by atoms with Gasteiger partial charge in [0.05, 0.1) is 22.5 Å². The van der Waals surface area contributed by atoms with Gasteiger partial charge >= 0.3 is 0 Å². The molecule has 0 radical (unpaired) electrons. The number of nitrogens with zero attached hydrogens (tertiary/aromatic N) is 3. The molecule has 4 aromatic rings. The quantitative estimate of drug-likeness (QED) is 0.328. The van der Waals surface area contributed by atoms with Gasteiger partial charge in [-0.25, -0.2) is 9.97 Å². The summed E-state index contributed by atoms with van der Waals surface area (Å²) in [5.41, 5.74) is 3.96. The average molecular weight is 295 g/mol. The number of hydrogen-bond donors (Lipinski definition) is 0. The molecule has 0 saturated heterocycles. The number of rotatable bonds is 3. The molecule has 2 aromatic carbocycles. The first-order valence-corrected chi connectivity index (χ1v) is 7.65. The van der Waals surface area contributed by atoms with Gasteiger partial charge in [0.25, 0.3) is 0 Å². The molecule has 0 bridgehead atoms. The molecule has 0 aliphatic carbocycles. The molecule has 21 heavy (non-hydrogen) atoms. The van der Waals surface area contributed by atoms with Gasteiger partial charge in [0, 0.05) is 12.5 Å². The molecule has 2 aromatic heterocycles. The monoisotopic (exact) mass is 295 g/mol. The van der Waals surface area contributed by atoms with Crippen LogP contribution in [0.25, 0.3) is 27.6 Å². The van der Waals surface area contributed by atoms with E-state index in [1.54, 1.807) is 18.9 Å². The number of imidazole rings is 1. The molecule has 0 fully saturated rings. The third kappa shape index (κ3) is 1.97. The molecular weight excluding hydrogens is 282 g/mol. The Bertz CT molecular complexity index is 948. The summed E-state index contributed by atoms with van der Waals surface area (Å²) >= 11 is 1.57. The van der Waals surface area contributed by atoms with Crippen molar-refractivity contribution in [3.63, 3.8) is 0 Å². The van der Waals surface area contributed by atoms with Crippen LogP contribution in [-0.2, 0) is 4.74 Å². The van der Waals surface area contributed by atoms with E-state index in [4.69, 9.17) is 14.7 Å². The molecule has 0 saturated carbocycles. The molecule has 4 rings (SSSR count). The zero-order valence-electron chi connectivity index (χ0n) is 11.5. The lowest BCUT2D eigenvalue weighted by molar-refractivity contribution is 0.258. The fourth-order valence-electron chi connectivity index (χ4n) is 2.52. The number of hydrogen-bond acceptors (Lipinski definition) is 4. The third-order valence-electron chi connectivity index (χ3n) is 3.42. The predicted octanol–water partition coefficient (Wildman–Crippen LogP) is 3.73. The van der Waals surface area contributed by atoms with Crippen LogP contribution in [0.15, 0.2) is 53.7 Å². The van der Waals surface area contributed by atoms with Crippen LogP contribution in [-0.4, -0.2) is 27.4 Å². The normalized spacial score (nSPS) is 11.7. The van der Waals surface area contributed by atoms with Crippen molar-refractivity contribution in [2.45, 2.75) is 5.16 Å². The van der Waals surface area contributed by atoms with Gasteiger partial charge in [-0.05, 0) is 24.3 Å². The number of methoxy groups -OCH3 is 1. The van der Waals surface area contributed by atoms with E-state index in [1.807, 2.05) is 36.4 Å². The summed E-state index contributed by atoms with van der Waals surface area (Å²) < 4.78 is 7.30. The van der Waals surface area contributed by atoms with Crippen molar-refractivity contribution < 1.29 is 4.74 Å². The van der Waals surface area contributed by atoms with Crippen molar-refractivity contribution >= 4 is 39.3 Å². The van der Waals surface area contributed by atoms with Crippen LogP contribution >= 0.6 is 11.8 Å². The second kappa shape index (κ2) is 5.02. The minimum atomic E-state index is 0.562. The molecule has 0 amide bonds. The van der Waals surface area contributed by atoms with Crippen LogP contribution in [0.2, 0.25) is 0 Å². The van der Waals surface area contributed by atoms with E-state index >= 15 is 0 Å². The zero-order valence-corrected chi connectivity index (χ0v) is 12.3. The SMILES string of the molecule is COCSc1nc2ccccc2c2nc3ccccc3n12. The molecule has 2 heterocycles. The van der Waals surface area contributed by atoms with Gasteiger partial charge in [-0.2, -0.15) is 0 Å². The van der Waals surface area contributed by atoms with Crippen molar-refractivity contribution in [1.29, 1.82) is 0 Å². The summed E-state index contributed by atoms with van der Waals surface area (Å²) in [6.07, 6.45) is 0. The topological polar surface area (TPSA) is 39.4 Å². The molecule has 0 atom stereocenters. The number of benzene rings is 2. The van der Waals surface area contributed by atoms with E-state index in [1.165, 1.54) is 0 Å². The van der Waals surface area contributed by atoms with Crippen molar-refractivity contribution in [1.82, 2.24) is 14.4 Å². The largest absolute Gasteiger partial charge is 0.374 e. The van der Waals surface area contributed by atoms with Gasteiger partial charge in [-0.15, -0.1) is 0 Å². The Hall–Kier alpha value is -2.11. The highest BCUT2D eigenvalue weighted by molar-refractivity contribution is 7.99. The summed E-state index contributed by atoms with van der Waals surface area (Å²) in [5, 5.41) is 1.97. The summed E-state index contributed by atoms with van der Waals surface area (Å²) in [6, 6.07) is 16.2. The Kier molecular flexibility index (Phi) is 3.02. The maximum absolute atomic E-state index is 5.18. The first-order valence-electron chi connectivity index (χ1n) is 6.66. The van der Waals surface area contributed by atoms with Gasteiger partial charge in [0.1, 0.15) is 5.65 Å². The van der Waals surface area contributed by atoms with E-state index in [-0.39, 0.29) is 0 Å². The smallest absolute Gasteiger partial charge is 0.177 e. The van der Waals surface area contributed by atoms with Gasteiger partial charge in [-0.3, -0.25) is 4.40 Å². The lowest BCUT2D eigenvalue weighted by atomic mass is 10.2. The lowest BCUT2D eigenvalue weighted by Gasteiger charge is -2.07. The maximum Gasteiger partial charge on any atom is 0.177 e. The molecule has 5 heteroatoms. The Morgan fingerprint density at radius 1 is 1.00 bits per heavy atom. The van der Waals surface area contributed by atoms with E-state index in [2.05, 4.69) is 16.5 Å². The molecule has 0 unspecified atom stereocenters. The molecule has 104 valence electrons. The van der Waals surface area contributed by atoms with Crippen molar-refractivity contribution in [2.24, 2.45) is 0 Å². The van der Waals surface area contributed by atoms with Gasteiger partial charge in [-0.1, -0.05) is 36.0 Å². The first-order chi connectivity index (χ1) is 10.4. The zero-order chi connectivity index (χ0) is 14.2. The highest BCUT2D eigenvalue weighted by Gasteiger charge is 2.13. The average Bonchev–Trinajstić information content (AvgIpc) is 2.92. The number of fused-ring (bicyclic) bond motifs is 5. The second-order valence-electron chi connectivity index (χ2n) is 4.72. The van der Waals surface area contributed by atoms with Crippen LogP contribution in [0.1, 0.15) is 0 Å². The summed E-state index contributed by atoms with van der Waals surface area (Å²) in [7, 11) is 1.69. The Labute approximate surface area is 125 Å². The minimum absolute atomic E-state index is 0.562. The molecule has 0 N–H and O–H groups in total.